The van der Waals surface area contributed by atoms with Crippen molar-refractivity contribution in [1.29, 1.82) is 0 Å². The summed E-state index contributed by atoms with van der Waals surface area (Å²) < 4.78 is 5.59. The van der Waals surface area contributed by atoms with Crippen molar-refractivity contribution in [2.24, 2.45) is 0 Å². The average Bonchev–Trinajstić information content (AvgIpc) is 2.17. The maximum absolute atomic E-state index is 10.5. The minimum absolute atomic E-state index is 0.0394. The van der Waals surface area contributed by atoms with Crippen LogP contribution in [0.1, 0.15) is 25.8 Å². The van der Waals surface area contributed by atoms with Gasteiger partial charge in [0.25, 0.3) is 0 Å². The van der Waals surface area contributed by atoms with Crippen molar-refractivity contribution in [3.05, 3.63) is 29.8 Å². The molecule has 1 atom stereocenters. The molecule has 0 aromatic heterocycles. The molecule has 0 bridgehead atoms. The molecule has 3 heteroatoms. The van der Waals surface area contributed by atoms with Gasteiger partial charge < -0.3 is 9.84 Å². The molecule has 1 rings (SSSR count). The number of carbonyl (C=O) groups is 1. The average molecular weight is 208 g/mol. The van der Waals surface area contributed by atoms with E-state index in [2.05, 4.69) is 0 Å². The maximum Gasteiger partial charge on any atom is 0.307 e. The van der Waals surface area contributed by atoms with E-state index in [4.69, 9.17) is 9.84 Å². The summed E-state index contributed by atoms with van der Waals surface area (Å²) >= 11 is 0. The van der Waals surface area contributed by atoms with Crippen molar-refractivity contribution < 1.29 is 14.6 Å². The molecular formula is C12H16O3. The number of carboxylic acid groups (broad SMARTS) is 1. The van der Waals surface area contributed by atoms with Crippen LogP contribution >= 0.6 is 0 Å². The standard InChI is InChI=1S/C12H16O3/c1-3-9(2)15-11-6-4-5-10(7-11)8-12(13)14/h4-7,9H,3,8H2,1-2H3,(H,13,14). The lowest BCUT2D eigenvalue weighted by atomic mass is 10.1. The summed E-state index contributed by atoms with van der Waals surface area (Å²) in [5.41, 5.74) is 0.767. The predicted octanol–water partition coefficient (Wildman–Crippen LogP) is 2.49. The van der Waals surface area contributed by atoms with Crippen molar-refractivity contribution in [2.45, 2.75) is 32.8 Å². The van der Waals surface area contributed by atoms with E-state index in [1.165, 1.54) is 0 Å². The Labute approximate surface area is 89.7 Å². The van der Waals surface area contributed by atoms with Crippen LogP contribution in [0.5, 0.6) is 5.75 Å². The molecule has 82 valence electrons. The Morgan fingerprint density at radius 1 is 1.53 bits per heavy atom. The molecule has 3 nitrogen and oxygen atoms in total. The van der Waals surface area contributed by atoms with Gasteiger partial charge in [0.15, 0.2) is 0 Å². The lowest BCUT2D eigenvalue weighted by Crippen LogP contribution is -2.10. The van der Waals surface area contributed by atoms with Gasteiger partial charge in [-0.05, 0) is 31.0 Å². The van der Waals surface area contributed by atoms with Crippen LogP contribution in [0.25, 0.3) is 0 Å². The number of hydrogen-bond donors (Lipinski definition) is 1. The minimum Gasteiger partial charge on any atom is -0.491 e. The van der Waals surface area contributed by atoms with Crippen LogP contribution < -0.4 is 4.74 Å². The molecule has 0 saturated heterocycles. The van der Waals surface area contributed by atoms with Gasteiger partial charge in [-0.1, -0.05) is 19.1 Å². The van der Waals surface area contributed by atoms with Crippen molar-refractivity contribution in [2.75, 3.05) is 0 Å². The highest BCUT2D eigenvalue weighted by Crippen LogP contribution is 2.16. The smallest absolute Gasteiger partial charge is 0.307 e. The number of ether oxygens (including phenoxy) is 1. The molecule has 15 heavy (non-hydrogen) atoms. The van der Waals surface area contributed by atoms with E-state index < -0.39 is 5.97 Å². The van der Waals surface area contributed by atoms with Gasteiger partial charge in [0, 0.05) is 0 Å². The molecular weight excluding hydrogens is 192 g/mol. The van der Waals surface area contributed by atoms with Crippen LogP contribution in [0.2, 0.25) is 0 Å². The lowest BCUT2D eigenvalue weighted by Gasteiger charge is -2.12. The fourth-order valence-electron chi connectivity index (χ4n) is 1.22. The molecule has 0 aliphatic heterocycles. The fourth-order valence-corrected chi connectivity index (χ4v) is 1.22. The predicted molar refractivity (Wildman–Crippen MR) is 58.2 cm³/mol. The number of aliphatic carboxylic acids is 1. The van der Waals surface area contributed by atoms with Gasteiger partial charge in [0.05, 0.1) is 12.5 Å². The third-order valence-electron chi connectivity index (χ3n) is 2.17. The molecule has 1 unspecified atom stereocenters. The van der Waals surface area contributed by atoms with Gasteiger partial charge in [-0.25, -0.2) is 0 Å². The molecule has 1 aromatic carbocycles. The Morgan fingerprint density at radius 3 is 2.87 bits per heavy atom. The number of hydrogen-bond acceptors (Lipinski definition) is 2. The van der Waals surface area contributed by atoms with E-state index in [0.29, 0.717) is 0 Å². The number of rotatable bonds is 5. The number of carboxylic acids is 1. The Balaban J connectivity index is 2.69. The van der Waals surface area contributed by atoms with E-state index in [1.807, 2.05) is 26.0 Å². The molecule has 0 spiro atoms. The van der Waals surface area contributed by atoms with Crippen LogP contribution in [0.3, 0.4) is 0 Å². The summed E-state index contributed by atoms with van der Waals surface area (Å²) in [7, 11) is 0. The third kappa shape index (κ3) is 4.02. The lowest BCUT2D eigenvalue weighted by molar-refractivity contribution is -0.136. The van der Waals surface area contributed by atoms with E-state index in [-0.39, 0.29) is 12.5 Å². The first-order chi connectivity index (χ1) is 7.11. The SMILES string of the molecule is CCC(C)Oc1cccc(CC(=O)O)c1. The van der Waals surface area contributed by atoms with Gasteiger partial charge >= 0.3 is 5.97 Å². The van der Waals surface area contributed by atoms with Gasteiger partial charge in [0.1, 0.15) is 5.75 Å². The Morgan fingerprint density at radius 2 is 2.27 bits per heavy atom. The van der Waals surface area contributed by atoms with Gasteiger partial charge in [-0.3, -0.25) is 4.79 Å². The van der Waals surface area contributed by atoms with Crippen molar-refractivity contribution in [3.63, 3.8) is 0 Å². The highest BCUT2D eigenvalue weighted by Gasteiger charge is 2.04. The second-order valence-electron chi connectivity index (χ2n) is 3.55. The van der Waals surface area contributed by atoms with Gasteiger partial charge in [-0.15, -0.1) is 0 Å². The molecule has 0 saturated carbocycles. The first kappa shape index (κ1) is 11.6. The molecule has 0 fully saturated rings. The quantitative estimate of drug-likeness (QED) is 0.808. The van der Waals surface area contributed by atoms with Crippen LogP contribution in [-0.4, -0.2) is 17.2 Å². The zero-order chi connectivity index (χ0) is 11.3. The van der Waals surface area contributed by atoms with Crippen LogP contribution in [0.4, 0.5) is 0 Å². The number of benzene rings is 1. The second-order valence-corrected chi connectivity index (χ2v) is 3.55. The van der Waals surface area contributed by atoms with Crippen LogP contribution in [-0.2, 0) is 11.2 Å². The highest BCUT2D eigenvalue weighted by molar-refractivity contribution is 5.70. The molecule has 1 aromatic rings. The molecule has 0 heterocycles. The Hall–Kier alpha value is -1.51. The molecule has 0 radical (unpaired) electrons. The van der Waals surface area contributed by atoms with E-state index in [1.54, 1.807) is 12.1 Å². The molecule has 0 aliphatic rings. The fraction of sp³-hybridized carbons (Fsp3) is 0.417. The third-order valence-corrected chi connectivity index (χ3v) is 2.17. The monoisotopic (exact) mass is 208 g/mol. The first-order valence-corrected chi connectivity index (χ1v) is 5.09. The van der Waals surface area contributed by atoms with E-state index in [9.17, 15) is 4.79 Å². The topological polar surface area (TPSA) is 46.5 Å². The summed E-state index contributed by atoms with van der Waals surface area (Å²) in [6.07, 6.45) is 1.13. The second kappa shape index (κ2) is 5.39. The van der Waals surface area contributed by atoms with Crippen LogP contribution in [0.15, 0.2) is 24.3 Å². The van der Waals surface area contributed by atoms with Crippen molar-refractivity contribution >= 4 is 5.97 Å². The zero-order valence-electron chi connectivity index (χ0n) is 9.06. The maximum atomic E-state index is 10.5. The van der Waals surface area contributed by atoms with Gasteiger partial charge in [-0.2, -0.15) is 0 Å². The van der Waals surface area contributed by atoms with Crippen LogP contribution in [0, 0.1) is 0 Å². The Kier molecular flexibility index (Phi) is 4.16. The zero-order valence-corrected chi connectivity index (χ0v) is 9.06. The summed E-state index contributed by atoms with van der Waals surface area (Å²) in [5, 5.41) is 8.65. The summed E-state index contributed by atoms with van der Waals surface area (Å²) in [5.74, 6) is -0.0845. The van der Waals surface area contributed by atoms with Crippen molar-refractivity contribution in [3.8, 4) is 5.75 Å². The molecule has 0 aliphatic carbocycles. The molecule has 0 amide bonds. The Bertz CT molecular complexity index is 333. The molecule has 1 N–H and O–H groups in total. The van der Waals surface area contributed by atoms with Crippen molar-refractivity contribution in [1.82, 2.24) is 0 Å². The largest absolute Gasteiger partial charge is 0.491 e. The van der Waals surface area contributed by atoms with Gasteiger partial charge in [0.2, 0.25) is 0 Å². The first-order valence-electron chi connectivity index (χ1n) is 5.09. The minimum atomic E-state index is -0.823. The van der Waals surface area contributed by atoms with E-state index >= 15 is 0 Å². The summed E-state index contributed by atoms with van der Waals surface area (Å²) in [4.78, 5) is 10.5. The summed E-state index contributed by atoms with van der Waals surface area (Å²) in [6.45, 7) is 4.04. The summed E-state index contributed by atoms with van der Waals surface area (Å²) in [6, 6.07) is 7.23. The highest BCUT2D eigenvalue weighted by atomic mass is 16.5. The van der Waals surface area contributed by atoms with E-state index in [0.717, 1.165) is 17.7 Å². The normalized spacial score (nSPS) is 12.1.